The third-order valence-electron chi connectivity index (χ3n) is 4.77. The highest BCUT2D eigenvalue weighted by Crippen LogP contribution is 2.60. The summed E-state index contributed by atoms with van der Waals surface area (Å²) in [6.45, 7) is 2.47. The molecule has 1 atom stereocenters. The normalized spacial score (nSPS) is 36.2. The second-order valence-electron chi connectivity index (χ2n) is 5.44. The molecule has 0 radical (unpaired) electrons. The number of rotatable bonds is 0. The van der Waals surface area contributed by atoms with E-state index in [1.54, 1.807) is 0 Å². The number of hydrogen-bond acceptors (Lipinski definition) is 0. The van der Waals surface area contributed by atoms with Crippen LogP contribution in [0.3, 0.4) is 0 Å². The summed E-state index contributed by atoms with van der Waals surface area (Å²) in [5.41, 5.74) is 4.59. The Morgan fingerprint density at radius 1 is 1.08 bits per heavy atom. The molecule has 0 heteroatoms. The Labute approximate surface area is 81.4 Å². The van der Waals surface area contributed by atoms with E-state index in [2.05, 4.69) is 6.92 Å². The highest BCUT2D eigenvalue weighted by atomic mass is 14.5. The second-order valence-corrected chi connectivity index (χ2v) is 5.44. The largest absolute Gasteiger partial charge is 0.0702 e. The van der Waals surface area contributed by atoms with Crippen molar-refractivity contribution in [2.75, 3.05) is 0 Å². The monoisotopic (exact) mass is 176 g/mol. The summed E-state index contributed by atoms with van der Waals surface area (Å²) in [7, 11) is 0. The van der Waals surface area contributed by atoms with Crippen molar-refractivity contribution in [2.45, 2.75) is 58.3 Å². The molecule has 0 aromatic carbocycles. The average molecular weight is 176 g/mol. The SMILES string of the molecule is CC1CCC2(CCC2)C1=C1CCC1. The van der Waals surface area contributed by atoms with Gasteiger partial charge in [-0.15, -0.1) is 0 Å². The lowest BCUT2D eigenvalue weighted by Crippen LogP contribution is -2.30. The van der Waals surface area contributed by atoms with E-state index in [0.29, 0.717) is 0 Å². The first-order valence-electron chi connectivity index (χ1n) is 6.04. The van der Waals surface area contributed by atoms with Gasteiger partial charge < -0.3 is 0 Å². The van der Waals surface area contributed by atoms with Crippen LogP contribution in [-0.2, 0) is 0 Å². The topological polar surface area (TPSA) is 0 Å². The highest BCUT2D eigenvalue weighted by Gasteiger charge is 2.47. The minimum atomic E-state index is 0.759. The van der Waals surface area contributed by atoms with Gasteiger partial charge in [-0.1, -0.05) is 24.5 Å². The van der Waals surface area contributed by atoms with E-state index >= 15 is 0 Å². The van der Waals surface area contributed by atoms with Gasteiger partial charge in [0.1, 0.15) is 0 Å². The lowest BCUT2D eigenvalue weighted by Gasteiger charge is -2.43. The molecule has 0 heterocycles. The van der Waals surface area contributed by atoms with Crippen LogP contribution < -0.4 is 0 Å². The van der Waals surface area contributed by atoms with Crippen LogP contribution in [0.4, 0.5) is 0 Å². The van der Waals surface area contributed by atoms with Gasteiger partial charge in [-0.05, 0) is 56.3 Å². The highest BCUT2D eigenvalue weighted by molar-refractivity contribution is 5.33. The first-order valence-corrected chi connectivity index (χ1v) is 6.04. The third kappa shape index (κ3) is 0.978. The van der Waals surface area contributed by atoms with Gasteiger partial charge in [0, 0.05) is 0 Å². The minimum Gasteiger partial charge on any atom is -0.0702 e. The Morgan fingerprint density at radius 3 is 2.31 bits per heavy atom. The first-order chi connectivity index (χ1) is 6.32. The lowest BCUT2D eigenvalue weighted by atomic mass is 9.62. The molecule has 0 aromatic heterocycles. The molecule has 3 fully saturated rings. The zero-order valence-corrected chi connectivity index (χ0v) is 8.73. The fourth-order valence-electron chi connectivity index (χ4n) is 3.76. The molecule has 0 nitrogen and oxygen atoms in total. The summed E-state index contributed by atoms with van der Waals surface area (Å²) >= 11 is 0. The van der Waals surface area contributed by atoms with Crippen LogP contribution in [0.25, 0.3) is 0 Å². The van der Waals surface area contributed by atoms with Crippen LogP contribution in [0.5, 0.6) is 0 Å². The van der Waals surface area contributed by atoms with Gasteiger partial charge in [0.25, 0.3) is 0 Å². The van der Waals surface area contributed by atoms with Crippen molar-refractivity contribution in [3.8, 4) is 0 Å². The fraction of sp³-hybridized carbons (Fsp3) is 0.846. The predicted molar refractivity (Wildman–Crippen MR) is 55.6 cm³/mol. The molecule has 0 N–H and O–H groups in total. The molecule has 3 rings (SSSR count). The predicted octanol–water partition coefficient (Wildman–Crippen LogP) is 4.07. The van der Waals surface area contributed by atoms with E-state index in [0.717, 1.165) is 11.3 Å². The Balaban J connectivity index is 1.96. The van der Waals surface area contributed by atoms with E-state index in [-0.39, 0.29) is 0 Å². The molecule has 1 spiro atoms. The maximum absolute atomic E-state index is 2.47. The zero-order valence-electron chi connectivity index (χ0n) is 8.73. The smallest absolute Gasteiger partial charge is 0.00825 e. The summed E-state index contributed by atoms with van der Waals surface area (Å²) in [5, 5.41) is 0. The van der Waals surface area contributed by atoms with E-state index < -0.39 is 0 Å². The average Bonchev–Trinajstić information content (AvgIpc) is 2.25. The van der Waals surface area contributed by atoms with Gasteiger partial charge in [-0.2, -0.15) is 0 Å². The maximum atomic E-state index is 2.47. The van der Waals surface area contributed by atoms with Crippen LogP contribution >= 0.6 is 0 Å². The second kappa shape index (κ2) is 2.62. The number of hydrogen-bond donors (Lipinski definition) is 0. The van der Waals surface area contributed by atoms with Crippen LogP contribution in [0.15, 0.2) is 11.1 Å². The summed E-state index contributed by atoms with van der Waals surface area (Å²) in [6.07, 6.45) is 11.9. The molecule has 13 heavy (non-hydrogen) atoms. The minimum absolute atomic E-state index is 0.759. The quantitative estimate of drug-likeness (QED) is 0.488. The van der Waals surface area contributed by atoms with Gasteiger partial charge in [-0.25, -0.2) is 0 Å². The summed E-state index contributed by atoms with van der Waals surface area (Å²) in [5.74, 6) is 0.940. The van der Waals surface area contributed by atoms with E-state index in [4.69, 9.17) is 0 Å². The Morgan fingerprint density at radius 2 is 1.85 bits per heavy atom. The van der Waals surface area contributed by atoms with E-state index in [1.165, 1.54) is 51.4 Å². The summed E-state index contributed by atoms with van der Waals surface area (Å²) in [6, 6.07) is 0. The molecule has 1 unspecified atom stereocenters. The Hall–Kier alpha value is -0.260. The van der Waals surface area contributed by atoms with Crippen LogP contribution in [-0.4, -0.2) is 0 Å². The van der Waals surface area contributed by atoms with Crippen molar-refractivity contribution in [2.24, 2.45) is 11.3 Å². The van der Waals surface area contributed by atoms with Crippen molar-refractivity contribution >= 4 is 0 Å². The van der Waals surface area contributed by atoms with Crippen LogP contribution in [0.1, 0.15) is 58.3 Å². The number of allylic oxidation sites excluding steroid dienone is 2. The lowest BCUT2D eigenvalue weighted by molar-refractivity contribution is 0.189. The van der Waals surface area contributed by atoms with Gasteiger partial charge in [-0.3, -0.25) is 0 Å². The summed E-state index contributed by atoms with van der Waals surface area (Å²) < 4.78 is 0. The molecule has 0 saturated heterocycles. The molecule has 0 aromatic rings. The van der Waals surface area contributed by atoms with Crippen LogP contribution in [0, 0.1) is 11.3 Å². The van der Waals surface area contributed by atoms with Crippen molar-refractivity contribution in [1.29, 1.82) is 0 Å². The Kier molecular flexibility index (Phi) is 1.63. The molecular formula is C13H20. The summed E-state index contributed by atoms with van der Waals surface area (Å²) in [4.78, 5) is 0. The maximum Gasteiger partial charge on any atom is -0.00825 e. The van der Waals surface area contributed by atoms with Crippen molar-refractivity contribution in [3.63, 3.8) is 0 Å². The van der Waals surface area contributed by atoms with Gasteiger partial charge in [0.05, 0.1) is 0 Å². The van der Waals surface area contributed by atoms with Gasteiger partial charge >= 0.3 is 0 Å². The third-order valence-corrected chi connectivity index (χ3v) is 4.77. The van der Waals surface area contributed by atoms with Crippen molar-refractivity contribution in [3.05, 3.63) is 11.1 Å². The zero-order chi connectivity index (χ0) is 8.89. The molecule has 0 amide bonds. The molecule has 3 aliphatic rings. The molecule has 3 aliphatic carbocycles. The molecule has 0 bridgehead atoms. The van der Waals surface area contributed by atoms with Crippen molar-refractivity contribution < 1.29 is 0 Å². The molecular weight excluding hydrogens is 156 g/mol. The van der Waals surface area contributed by atoms with Crippen molar-refractivity contribution in [1.82, 2.24) is 0 Å². The fourth-order valence-corrected chi connectivity index (χ4v) is 3.76. The van der Waals surface area contributed by atoms with Gasteiger partial charge in [0.15, 0.2) is 0 Å². The first kappa shape index (κ1) is 8.08. The standard InChI is InChI=1S/C13H20/c1-10-6-9-13(7-3-8-13)12(10)11-4-2-5-11/h10H,2-9H2,1H3. The van der Waals surface area contributed by atoms with Crippen LogP contribution in [0.2, 0.25) is 0 Å². The Bertz CT molecular complexity index is 249. The molecule has 0 aliphatic heterocycles. The molecule has 3 saturated carbocycles. The van der Waals surface area contributed by atoms with Gasteiger partial charge in [0.2, 0.25) is 0 Å². The van der Waals surface area contributed by atoms with E-state index in [9.17, 15) is 0 Å². The molecule has 72 valence electrons. The van der Waals surface area contributed by atoms with E-state index in [1.807, 2.05) is 11.1 Å².